The fourth-order valence-electron chi connectivity index (χ4n) is 1.88. The average Bonchev–Trinajstić information content (AvgIpc) is 3.12. The summed E-state index contributed by atoms with van der Waals surface area (Å²) in [6, 6.07) is 6.09. The average molecular weight is 305 g/mol. The molecule has 0 aliphatic carbocycles. The summed E-state index contributed by atoms with van der Waals surface area (Å²) in [5, 5.41) is 5.17. The van der Waals surface area contributed by atoms with E-state index in [1.165, 1.54) is 4.88 Å². The Hall–Kier alpha value is -1.53. The van der Waals surface area contributed by atoms with E-state index in [0.717, 1.165) is 33.2 Å². The molecule has 3 rings (SSSR count). The summed E-state index contributed by atoms with van der Waals surface area (Å²) in [6.45, 7) is 2.16. The van der Waals surface area contributed by atoms with Gasteiger partial charge in [0.2, 0.25) is 5.95 Å². The van der Waals surface area contributed by atoms with E-state index >= 15 is 0 Å². The highest BCUT2D eigenvalue weighted by Gasteiger charge is 2.12. The number of anilines is 1. The summed E-state index contributed by atoms with van der Waals surface area (Å²) in [4.78, 5) is 11.5. The predicted molar refractivity (Wildman–Crippen MR) is 84.6 cm³/mol. The molecule has 0 aromatic carbocycles. The first-order chi connectivity index (χ1) is 9.80. The van der Waals surface area contributed by atoms with Gasteiger partial charge in [-0.15, -0.1) is 11.3 Å². The number of aryl methyl sites for hydroxylation is 1. The summed E-state index contributed by atoms with van der Waals surface area (Å²) in [5.41, 5.74) is 0. The van der Waals surface area contributed by atoms with Gasteiger partial charge in [0.1, 0.15) is 15.6 Å². The first kappa shape index (κ1) is 13.5. The Balaban J connectivity index is 1.96. The molecule has 3 aromatic rings. The Bertz CT molecular complexity index is 707. The number of fused-ring (bicyclic) bond motifs is 1. The first-order valence-electron chi connectivity index (χ1n) is 6.43. The largest absolute Gasteiger partial charge is 0.468 e. The summed E-state index contributed by atoms with van der Waals surface area (Å²) in [7, 11) is 1.84. The SMILES string of the molecule is CCc1cc2c(SCc3ccco3)nc(NC)nc2s1. The summed E-state index contributed by atoms with van der Waals surface area (Å²) < 4.78 is 5.37. The topological polar surface area (TPSA) is 51.0 Å². The third-order valence-electron chi connectivity index (χ3n) is 2.91. The maximum absolute atomic E-state index is 5.37. The fraction of sp³-hybridized carbons (Fsp3) is 0.286. The zero-order chi connectivity index (χ0) is 13.9. The lowest BCUT2D eigenvalue weighted by Gasteiger charge is -2.04. The Morgan fingerprint density at radius 3 is 3.00 bits per heavy atom. The van der Waals surface area contributed by atoms with Crippen LogP contribution in [0.25, 0.3) is 10.2 Å². The lowest BCUT2D eigenvalue weighted by Crippen LogP contribution is -1.97. The van der Waals surface area contributed by atoms with Gasteiger partial charge in [-0.25, -0.2) is 9.97 Å². The number of rotatable bonds is 5. The van der Waals surface area contributed by atoms with Crippen molar-refractivity contribution in [2.45, 2.75) is 24.1 Å². The van der Waals surface area contributed by atoms with Crippen molar-refractivity contribution in [1.29, 1.82) is 0 Å². The number of nitrogens with zero attached hydrogens (tertiary/aromatic N) is 2. The van der Waals surface area contributed by atoms with E-state index in [1.807, 2.05) is 19.2 Å². The lowest BCUT2D eigenvalue weighted by atomic mass is 10.3. The standard InChI is InChI=1S/C14H15N3OS2/c1-3-10-7-11-12(19-8-9-5-4-6-18-9)16-14(15-2)17-13(11)20-10/h4-7H,3,8H2,1-2H3,(H,15,16,17). The van der Waals surface area contributed by atoms with Gasteiger partial charge in [0.05, 0.1) is 12.0 Å². The van der Waals surface area contributed by atoms with Crippen LogP contribution in [-0.2, 0) is 12.2 Å². The molecule has 0 fully saturated rings. The van der Waals surface area contributed by atoms with Crippen molar-refractivity contribution in [2.75, 3.05) is 12.4 Å². The minimum absolute atomic E-state index is 0.670. The highest BCUT2D eigenvalue weighted by Crippen LogP contribution is 2.34. The van der Waals surface area contributed by atoms with Gasteiger partial charge in [-0.2, -0.15) is 0 Å². The molecular weight excluding hydrogens is 290 g/mol. The maximum atomic E-state index is 5.37. The van der Waals surface area contributed by atoms with Gasteiger partial charge in [0.15, 0.2) is 0 Å². The first-order valence-corrected chi connectivity index (χ1v) is 8.23. The van der Waals surface area contributed by atoms with Gasteiger partial charge in [0.25, 0.3) is 0 Å². The molecule has 0 aliphatic heterocycles. The molecule has 1 N–H and O–H groups in total. The van der Waals surface area contributed by atoms with Crippen molar-refractivity contribution in [2.24, 2.45) is 0 Å². The van der Waals surface area contributed by atoms with Crippen LogP contribution in [0.3, 0.4) is 0 Å². The van der Waals surface area contributed by atoms with E-state index in [0.29, 0.717) is 5.95 Å². The minimum Gasteiger partial charge on any atom is -0.468 e. The fourth-order valence-corrected chi connectivity index (χ4v) is 3.81. The highest BCUT2D eigenvalue weighted by molar-refractivity contribution is 7.98. The van der Waals surface area contributed by atoms with Crippen molar-refractivity contribution in [3.63, 3.8) is 0 Å². The van der Waals surface area contributed by atoms with Gasteiger partial charge in [-0.3, -0.25) is 0 Å². The number of hydrogen-bond acceptors (Lipinski definition) is 6. The molecular formula is C14H15N3OS2. The number of thioether (sulfide) groups is 1. The quantitative estimate of drug-likeness (QED) is 0.566. The second kappa shape index (κ2) is 5.85. The zero-order valence-electron chi connectivity index (χ0n) is 11.3. The van der Waals surface area contributed by atoms with E-state index < -0.39 is 0 Å². The molecule has 0 aliphatic rings. The van der Waals surface area contributed by atoms with E-state index in [9.17, 15) is 0 Å². The third-order valence-corrected chi connectivity index (χ3v) is 5.10. The molecule has 0 atom stereocenters. The summed E-state index contributed by atoms with van der Waals surface area (Å²) in [5.74, 6) is 2.40. The molecule has 0 bridgehead atoms. The number of thiophene rings is 1. The van der Waals surface area contributed by atoms with Gasteiger partial charge in [0, 0.05) is 17.3 Å². The Morgan fingerprint density at radius 1 is 1.40 bits per heavy atom. The van der Waals surface area contributed by atoms with Crippen LogP contribution in [0.1, 0.15) is 17.6 Å². The van der Waals surface area contributed by atoms with Crippen LogP contribution in [0.5, 0.6) is 0 Å². The van der Waals surface area contributed by atoms with Crippen molar-refractivity contribution >= 4 is 39.3 Å². The maximum Gasteiger partial charge on any atom is 0.224 e. The normalized spacial score (nSPS) is 11.1. The van der Waals surface area contributed by atoms with Crippen LogP contribution in [0.2, 0.25) is 0 Å². The molecule has 3 aromatic heterocycles. The van der Waals surface area contributed by atoms with Gasteiger partial charge in [-0.05, 0) is 24.6 Å². The second-order valence-electron chi connectivity index (χ2n) is 4.26. The van der Waals surface area contributed by atoms with E-state index in [2.05, 4.69) is 28.3 Å². The van der Waals surface area contributed by atoms with E-state index in [4.69, 9.17) is 4.42 Å². The molecule has 0 spiro atoms. The smallest absolute Gasteiger partial charge is 0.224 e. The van der Waals surface area contributed by atoms with Crippen LogP contribution in [0, 0.1) is 0 Å². The predicted octanol–water partition coefficient (Wildman–Crippen LogP) is 4.18. The van der Waals surface area contributed by atoms with Crippen molar-refractivity contribution in [1.82, 2.24) is 9.97 Å². The summed E-state index contributed by atoms with van der Waals surface area (Å²) >= 11 is 3.42. The molecule has 20 heavy (non-hydrogen) atoms. The molecule has 3 heterocycles. The van der Waals surface area contributed by atoms with Crippen LogP contribution in [0.15, 0.2) is 33.9 Å². The highest BCUT2D eigenvalue weighted by atomic mass is 32.2. The second-order valence-corrected chi connectivity index (χ2v) is 6.33. The Labute approximate surface area is 125 Å². The molecule has 104 valence electrons. The Morgan fingerprint density at radius 2 is 2.30 bits per heavy atom. The molecule has 0 unspecified atom stereocenters. The molecule has 0 saturated heterocycles. The van der Waals surface area contributed by atoms with Gasteiger partial charge < -0.3 is 9.73 Å². The number of hydrogen-bond donors (Lipinski definition) is 1. The zero-order valence-corrected chi connectivity index (χ0v) is 13.0. The van der Waals surface area contributed by atoms with Gasteiger partial charge in [-0.1, -0.05) is 18.7 Å². The molecule has 0 amide bonds. The number of nitrogens with one attached hydrogen (secondary N) is 1. The van der Waals surface area contributed by atoms with Crippen LogP contribution in [0.4, 0.5) is 5.95 Å². The lowest BCUT2D eigenvalue weighted by molar-refractivity contribution is 0.530. The van der Waals surface area contributed by atoms with Crippen LogP contribution >= 0.6 is 23.1 Å². The van der Waals surface area contributed by atoms with Crippen LogP contribution in [-0.4, -0.2) is 17.0 Å². The number of furan rings is 1. The Kier molecular flexibility index (Phi) is 3.93. The molecule has 4 nitrogen and oxygen atoms in total. The molecule has 0 saturated carbocycles. The third kappa shape index (κ3) is 2.66. The van der Waals surface area contributed by atoms with Crippen molar-refractivity contribution < 1.29 is 4.42 Å². The van der Waals surface area contributed by atoms with Gasteiger partial charge >= 0.3 is 0 Å². The van der Waals surface area contributed by atoms with Crippen LogP contribution < -0.4 is 5.32 Å². The monoisotopic (exact) mass is 305 g/mol. The summed E-state index contributed by atoms with van der Waals surface area (Å²) in [6.07, 6.45) is 2.72. The van der Waals surface area contributed by atoms with Crippen molar-refractivity contribution in [3.05, 3.63) is 35.1 Å². The molecule has 6 heteroatoms. The van der Waals surface area contributed by atoms with E-state index in [1.54, 1.807) is 29.4 Å². The van der Waals surface area contributed by atoms with E-state index in [-0.39, 0.29) is 0 Å². The molecule has 0 radical (unpaired) electrons. The van der Waals surface area contributed by atoms with Crippen molar-refractivity contribution in [3.8, 4) is 0 Å². The number of aromatic nitrogens is 2. The minimum atomic E-state index is 0.670.